The predicted octanol–water partition coefficient (Wildman–Crippen LogP) is 0.758. The van der Waals surface area contributed by atoms with Crippen LogP contribution in [0.3, 0.4) is 0 Å². The van der Waals surface area contributed by atoms with Crippen molar-refractivity contribution >= 4 is 5.91 Å². The number of alkyl halides is 2. The van der Waals surface area contributed by atoms with Crippen LogP contribution in [-0.2, 0) is 9.53 Å². The van der Waals surface area contributed by atoms with Crippen molar-refractivity contribution in [3.63, 3.8) is 0 Å². The number of ether oxygens (including phenoxy) is 1. The van der Waals surface area contributed by atoms with E-state index >= 15 is 0 Å². The van der Waals surface area contributed by atoms with Crippen LogP contribution in [0.1, 0.15) is 20.8 Å². The highest BCUT2D eigenvalue weighted by Crippen LogP contribution is 2.16. The molecule has 0 spiro atoms. The quantitative estimate of drug-likeness (QED) is 0.671. The van der Waals surface area contributed by atoms with Crippen molar-refractivity contribution in [2.45, 2.75) is 33.2 Å². The topological polar surface area (TPSA) is 64.4 Å². The molecule has 16 heavy (non-hydrogen) atoms. The van der Waals surface area contributed by atoms with Gasteiger partial charge in [-0.3, -0.25) is 4.79 Å². The molecule has 96 valence electrons. The minimum atomic E-state index is -2.48. The van der Waals surface area contributed by atoms with E-state index in [1.165, 1.54) is 0 Å². The molecule has 3 N–H and O–H groups in total. The molecule has 0 aromatic heterocycles. The van der Waals surface area contributed by atoms with Gasteiger partial charge in [0.05, 0.1) is 12.6 Å². The van der Waals surface area contributed by atoms with Crippen LogP contribution in [0.4, 0.5) is 8.78 Å². The zero-order chi connectivity index (χ0) is 12.8. The van der Waals surface area contributed by atoms with Gasteiger partial charge in [0.1, 0.15) is 6.61 Å². The lowest BCUT2D eigenvalue weighted by Gasteiger charge is -2.25. The van der Waals surface area contributed by atoms with Crippen LogP contribution >= 0.6 is 0 Å². The smallest absolute Gasteiger partial charge is 0.261 e. The second-order valence-corrected chi connectivity index (χ2v) is 4.60. The fourth-order valence-electron chi connectivity index (χ4n) is 0.922. The van der Waals surface area contributed by atoms with E-state index in [4.69, 9.17) is 5.73 Å². The second-order valence-electron chi connectivity index (χ2n) is 4.60. The molecule has 0 aliphatic heterocycles. The monoisotopic (exact) mass is 238 g/mol. The molecule has 6 heteroatoms. The molecule has 0 aromatic carbocycles. The first kappa shape index (κ1) is 15.2. The maximum Gasteiger partial charge on any atom is 0.261 e. The van der Waals surface area contributed by atoms with Gasteiger partial charge in [0.2, 0.25) is 5.91 Å². The normalized spacial score (nSPS) is 13.9. The number of carbonyl (C=O) groups is 1. The third kappa shape index (κ3) is 6.68. The number of halogens is 2. The molecule has 1 atom stereocenters. The molecular formula is C10H20F2N2O2. The van der Waals surface area contributed by atoms with Crippen LogP contribution in [0.25, 0.3) is 0 Å². The largest absolute Gasteiger partial charge is 0.374 e. The molecule has 0 saturated carbocycles. The van der Waals surface area contributed by atoms with Crippen molar-refractivity contribution in [1.29, 1.82) is 0 Å². The summed E-state index contributed by atoms with van der Waals surface area (Å²) in [4.78, 5) is 11.4. The molecule has 0 aromatic rings. The minimum Gasteiger partial charge on any atom is -0.374 e. The highest BCUT2D eigenvalue weighted by molar-refractivity contribution is 5.82. The van der Waals surface area contributed by atoms with Crippen molar-refractivity contribution in [3.05, 3.63) is 0 Å². The van der Waals surface area contributed by atoms with Gasteiger partial charge in [-0.2, -0.15) is 0 Å². The third-order valence-corrected chi connectivity index (χ3v) is 2.00. The lowest BCUT2D eigenvalue weighted by Crippen LogP contribution is -2.49. The number of nitrogens with two attached hydrogens (primary N) is 1. The van der Waals surface area contributed by atoms with Gasteiger partial charge in [-0.15, -0.1) is 0 Å². The summed E-state index contributed by atoms with van der Waals surface area (Å²) < 4.78 is 28.0. The summed E-state index contributed by atoms with van der Waals surface area (Å²) >= 11 is 0. The van der Waals surface area contributed by atoms with E-state index in [0.717, 1.165) is 0 Å². The van der Waals surface area contributed by atoms with Crippen LogP contribution in [0, 0.1) is 5.41 Å². The van der Waals surface area contributed by atoms with Crippen molar-refractivity contribution in [1.82, 2.24) is 5.32 Å². The first-order chi connectivity index (χ1) is 7.25. The maximum absolute atomic E-state index is 11.7. The van der Waals surface area contributed by atoms with Gasteiger partial charge in [0, 0.05) is 6.54 Å². The molecule has 0 unspecified atom stereocenters. The molecule has 0 saturated heterocycles. The molecule has 0 aliphatic carbocycles. The fraction of sp³-hybridized carbons (Fsp3) is 0.900. The highest BCUT2D eigenvalue weighted by atomic mass is 19.3. The van der Waals surface area contributed by atoms with E-state index in [1.54, 1.807) is 0 Å². The first-order valence-electron chi connectivity index (χ1n) is 5.14. The Bertz CT molecular complexity index is 217. The third-order valence-electron chi connectivity index (χ3n) is 2.00. The zero-order valence-electron chi connectivity index (χ0n) is 9.93. The Morgan fingerprint density at radius 1 is 1.44 bits per heavy atom. The molecule has 4 nitrogen and oxygen atoms in total. The predicted molar refractivity (Wildman–Crippen MR) is 57.3 cm³/mol. The molecule has 1 amide bonds. The van der Waals surface area contributed by atoms with Crippen molar-refractivity contribution in [2.24, 2.45) is 11.1 Å². The van der Waals surface area contributed by atoms with Gasteiger partial charge in [0.15, 0.2) is 0 Å². The zero-order valence-corrected chi connectivity index (χ0v) is 9.93. The number of rotatable bonds is 6. The van der Waals surface area contributed by atoms with E-state index in [0.29, 0.717) is 0 Å². The number of nitrogens with one attached hydrogen (secondary N) is 1. The summed E-state index contributed by atoms with van der Waals surface area (Å²) in [5.74, 6) is -0.298. The van der Waals surface area contributed by atoms with E-state index in [-0.39, 0.29) is 24.5 Å². The Hall–Kier alpha value is -0.750. The van der Waals surface area contributed by atoms with Gasteiger partial charge in [-0.05, 0) is 5.41 Å². The molecule has 0 heterocycles. The Morgan fingerprint density at radius 3 is 2.44 bits per heavy atom. The van der Waals surface area contributed by atoms with Crippen LogP contribution in [0.5, 0.6) is 0 Å². The minimum absolute atomic E-state index is 0.0624. The summed E-state index contributed by atoms with van der Waals surface area (Å²) in [6.45, 7) is 5.20. The van der Waals surface area contributed by atoms with Crippen molar-refractivity contribution < 1.29 is 18.3 Å². The van der Waals surface area contributed by atoms with Crippen LogP contribution in [-0.4, -0.2) is 38.1 Å². The lowest BCUT2D eigenvalue weighted by atomic mass is 9.87. The Morgan fingerprint density at radius 2 is 2.00 bits per heavy atom. The fourth-order valence-corrected chi connectivity index (χ4v) is 0.922. The van der Waals surface area contributed by atoms with Gasteiger partial charge >= 0.3 is 0 Å². The van der Waals surface area contributed by atoms with Gasteiger partial charge in [-0.1, -0.05) is 20.8 Å². The highest BCUT2D eigenvalue weighted by Gasteiger charge is 2.26. The average Bonchev–Trinajstić information content (AvgIpc) is 2.13. The summed E-state index contributed by atoms with van der Waals surface area (Å²) in [6.07, 6.45) is -2.48. The van der Waals surface area contributed by atoms with E-state index in [1.807, 2.05) is 20.8 Å². The van der Waals surface area contributed by atoms with Crippen molar-refractivity contribution in [2.75, 3.05) is 19.8 Å². The molecular weight excluding hydrogens is 218 g/mol. The number of hydrogen-bond acceptors (Lipinski definition) is 3. The van der Waals surface area contributed by atoms with E-state index in [2.05, 4.69) is 10.1 Å². The Labute approximate surface area is 94.5 Å². The van der Waals surface area contributed by atoms with E-state index < -0.39 is 19.1 Å². The van der Waals surface area contributed by atoms with Gasteiger partial charge < -0.3 is 15.8 Å². The standard InChI is InChI=1S/C10H20F2N2O2/c1-10(2,3)8(13)9(15)14-4-5-16-6-7(11)12/h7-8H,4-6,13H2,1-3H3,(H,14,15)/t8-/m1/s1. The van der Waals surface area contributed by atoms with Crippen molar-refractivity contribution in [3.8, 4) is 0 Å². The molecule has 0 bridgehead atoms. The molecule has 0 rings (SSSR count). The van der Waals surface area contributed by atoms with Crippen LogP contribution < -0.4 is 11.1 Å². The molecule has 0 aliphatic rings. The summed E-state index contributed by atoms with van der Waals surface area (Å²) in [5.41, 5.74) is 5.36. The number of hydrogen-bond donors (Lipinski definition) is 2. The van der Waals surface area contributed by atoms with Crippen LogP contribution in [0.15, 0.2) is 0 Å². The SMILES string of the molecule is CC(C)(C)[C@H](N)C(=O)NCCOCC(F)F. The summed E-state index contributed by atoms with van der Waals surface area (Å²) in [5, 5.41) is 2.53. The second kappa shape index (κ2) is 6.75. The molecule has 0 fully saturated rings. The maximum atomic E-state index is 11.7. The molecule has 0 radical (unpaired) electrons. The Balaban J connectivity index is 3.66. The van der Waals surface area contributed by atoms with Gasteiger partial charge in [0.25, 0.3) is 6.43 Å². The number of amides is 1. The Kier molecular flexibility index (Phi) is 6.43. The summed E-state index contributed by atoms with van der Waals surface area (Å²) in [6, 6.07) is -0.623. The van der Waals surface area contributed by atoms with Crippen LogP contribution in [0.2, 0.25) is 0 Å². The first-order valence-corrected chi connectivity index (χ1v) is 5.14. The summed E-state index contributed by atoms with van der Waals surface area (Å²) in [7, 11) is 0. The van der Waals surface area contributed by atoms with Gasteiger partial charge in [-0.25, -0.2) is 8.78 Å². The average molecular weight is 238 g/mol. The lowest BCUT2D eigenvalue weighted by molar-refractivity contribution is -0.124. The number of carbonyl (C=O) groups excluding carboxylic acids is 1. The van der Waals surface area contributed by atoms with E-state index in [9.17, 15) is 13.6 Å².